The van der Waals surface area contributed by atoms with Gasteiger partial charge in [0.15, 0.2) is 11.2 Å². The van der Waals surface area contributed by atoms with Gasteiger partial charge in [0.2, 0.25) is 0 Å². The van der Waals surface area contributed by atoms with E-state index in [1.165, 1.54) is 16.9 Å². The zero-order chi connectivity index (χ0) is 18.5. The minimum absolute atomic E-state index is 0.236. The number of anilines is 1. The molecule has 5 nitrogen and oxygen atoms in total. The number of hydrogen-bond donors (Lipinski definition) is 1. The monoisotopic (exact) mass is 367 g/mol. The number of carbonyl (C=O) groups excluding carboxylic acids is 1. The van der Waals surface area contributed by atoms with Gasteiger partial charge in [-0.15, -0.1) is 11.3 Å². The van der Waals surface area contributed by atoms with Gasteiger partial charge < -0.3 is 4.74 Å². The van der Waals surface area contributed by atoms with E-state index in [1.54, 1.807) is 13.1 Å². The first kappa shape index (κ1) is 18.1. The van der Waals surface area contributed by atoms with E-state index in [0.29, 0.717) is 16.8 Å². The van der Waals surface area contributed by atoms with Gasteiger partial charge in [-0.05, 0) is 42.7 Å². The Hall–Kier alpha value is -2.73. The number of ether oxygens (including phenoxy) is 1. The summed E-state index contributed by atoms with van der Waals surface area (Å²) < 4.78 is 5.73. The predicted octanol–water partition coefficient (Wildman–Crippen LogP) is 4.73. The number of thiazole rings is 1. The molecule has 0 aliphatic carbocycles. The Balaban J connectivity index is 1.60. The summed E-state index contributed by atoms with van der Waals surface area (Å²) in [4.78, 5) is 21.0. The molecule has 3 rings (SSSR count). The molecule has 26 heavy (non-hydrogen) atoms. The third kappa shape index (κ3) is 4.46. The van der Waals surface area contributed by atoms with Crippen LogP contribution in [-0.2, 0) is 4.79 Å². The molecule has 1 amide bonds. The third-order valence-corrected chi connectivity index (χ3v) is 4.65. The molecule has 3 aromatic rings. The van der Waals surface area contributed by atoms with Crippen molar-refractivity contribution in [3.05, 3.63) is 59.6 Å². The molecule has 0 aliphatic heterocycles. The average Bonchev–Trinajstić information content (AvgIpc) is 3.11. The van der Waals surface area contributed by atoms with Crippen LogP contribution in [0.5, 0.6) is 5.75 Å². The molecule has 6 heteroatoms. The summed E-state index contributed by atoms with van der Waals surface area (Å²) >= 11 is 1.36. The van der Waals surface area contributed by atoms with Crippen molar-refractivity contribution >= 4 is 22.4 Å². The fourth-order valence-corrected chi connectivity index (χ4v) is 3.07. The predicted molar refractivity (Wildman–Crippen MR) is 105 cm³/mol. The summed E-state index contributed by atoms with van der Waals surface area (Å²) in [6.07, 6.45) is 1.09. The van der Waals surface area contributed by atoms with Crippen LogP contribution in [-0.4, -0.2) is 22.0 Å². The van der Waals surface area contributed by atoms with E-state index in [0.717, 1.165) is 11.4 Å². The number of nitrogens with zero attached hydrogens (tertiary/aromatic N) is 2. The molecule has 0 radical (unpaired) electrons. The molecule has 134 valence electrons. The van der Waals surface area contributed by atoms with Crippen molar-refractivity contribution in [3.63, 3.8) is 0 Å². The van der Waals surface area contributed by atoms with E-state index in [4.69, 9.17) is 4.74 Å². The van der Waals surface area contributed by atoms with Crippen LogP contribution in [0.2, 0.25) is 0 Å². The SMILES string of the molecule is CC(Oc1ccc(C(C)C)cc1)C(=O)Nc1nc(-c2ccccn2)cs1. The molecule has 1 unspecified atom stereocenters. The van der Waals surface area contributed by atoms with Crippen molar-refractivity contribution in [3.8, 4) is 17.1 Å². The van der Waals surface area contributed by atoms with Gasteiger partial charge >= 0.3 is 0 Å². The molecule has 1 atom stereocenters. The molecule has 1 aromatic carbocycles. The molecule has 0 saturated heterocycles. The van der Waals surface area contributed by atoms with Crippen molar-refractivity contribution in [2.75, 3.05) is 5.32 Å². The molecular weight excluding hydrogens is 346 g/mol. The summed E-state index contributed by atoms with van der Waals surface area (Å²) in [6.45, 7) is 6.00. The Morgan fingerprint density at radius 3 is 2.50 bits per heavy atom. The number of amides is 1. The summed E-state index contributed by atoms with van der Waals surface area (Å²) in [7, 11) is 0. The topological polar surface area (TPSA) is 64.1 Å². The Kier molecular flexibility index (Phi) is 5.63. The first-order valence-corrected chi connectivity index (χ1v) is 9.35. The van der Waals surface area contributed by atoms with E-state index in [2.05, 4.69) is 29.1 Å². The lowest BCUT2D eigenvalue weighted by Gasteiger charge is -2.14. The summed E-state index contributed by atoms with van der Waals surface area (Å²) in [5, 5.41) is 5.20. The first-order chi connectivity index (χ1) is 12.5. The first-order valence-electron chi connectivity index (χ1n) is 8.47. The zero-order valence-corrected chi connectivity index (χ0v) is 15.8. The fourth-order valence-electron chi connectivity index (χ4n) is 2.36. The maximum Gasteiger partial charge on any atom is 0.266 e. The average molecular weight is 367 g/mol. The van der Waals surface area contributed by atoms with Crippen LogP contribution >= 0.6 is 11.3 Å². The van der Waals surface area contributed by atoms with Crippen molar-refractivity contribution in [1.82, 2.24) is 9.97 Å². The molecular formula is C20H21N3O2S. The highest BCUT2D eigenvalue weighted by Gasteiger charge is 2.17. The number of hydrogen-bond acceptors (Lipinski definition) is 5. The number of aromatic nitrogens is 2. The normalized spacial score (nSPS) is 12.0. The van der Waals surface area contributed by atoms with Gasteiger partial charge in [-0.3, -0.25) is 15.1 Å². The van der Waals surface area contributed by atoms with Crippen LogP contribution in [0, 0.1) is 0 Å². The Morgan fingerprint density at radius 2 is 1.85 bits per heavy atom. The Bertz CT molecular complexity index is 860. The molecule has 2 heterocycles. The highest BCUT2D eigenvalue weighted by Crippen LogP contribution is 2.24. The Morgan fingerprint density at radius 1 is 1.08 bits per heavy atom. The van der Waals surface area contributed by atoms with E-state index in [9.17, 15) is 4.79 Å². The van der Waals surface area contributed by atoms with Crippen LogP contribution < -0.4 is 10.1 Å². The highest BCUT2D eigenvalue weighted by atomic mass is 32.1. The van der Waals surface area contributed by atoms with E-state index in [-0.39, 0.29) is 5.91 Å². The lowest BCUT2D eigenvalue weighted by atomic mass is 10.0. The van der Waals surface area contributed by atoms with Crippen LogP contribution in [0.4, 0.5) is 5.13 Å². The lowest BCUT2D eigenvalue weighted by molar-refractivity contribution is -0.122. The van der Waals surface area contributed by atoms with Gasteiger partial charge in [-0.1, -0.05) is 32.0 Å². The summed E-state index contributed by atoms with van der Waals surface area (Å²) in [6, 6.07) is 13.5. The third-order valence-electron chi connectivity index (χ3n) is 3.89. The van der Waals surface area contributed by atoms with Crippen LogP contribution in [0.25, 0.3) is 11.4 Å². The second-order valence-electron chi connectivity index (χ2n) is 6.23. The number of carbonyl (C=O) groups is 1. The lowest BCUT2D eigenvalue weighted by Crippen LogP contribution is -2.30. The van der Waals surface area contributed by atoms with Gasteiger partial charge in [-0.2, -0.15) is 0 Å². The van der Waals surface area contributed by atoms with Crippen molar-refractivity contribution in [1.29, 1.82) is 0 Å². The van der Waals surface area contributed by atoms with E-state index < -0.39 is 6.10 Å². The quantitative estimate of drug-likeness (QED) is 0.684. The van der Waals surface area contributed by atoms with E-state index in [1.807, 2.05) is 47.8 Å². The van der Waals surface area contributed by atoms with Crippen LogP contribution in [0.15, 0.2) is 54.0 Å². The maximum atomic E-state index is 12.4. The number of rotatable bonds is 6. The van der Waals surface area contributed by atoms with Crippen LogP contribution in [0.1, 0.15) is 32.3 Å². The van der Waals surface area contributed by atoms with E-state index >= 15 is 0 Å². The largest absolute Gasteiger partial charge is 0.481 e. The summed E-state index contributed by atoms with van der Waals surface area (Å²) in [5.41, 5.74) is 2.75. The minimum atomic E-state index is -0.623. The van der Waals surface area contributed by atoms with Gasteiger partial charge in [-0.25, -0.2) is 4.98 Å². The second kappa shape index (κ2) is 8.10. The molecule has 0 spiro atoms. The second-order valence-corrected chi connectivity index (χ2v) is 7.08. The maximum absolute atomic E-state index is 12.4. The molecule has 0 fully saturated rings. The highest BCUT2D eigenvalue weighted by molar-refractivity contribution is 7.14. The van der Waals surface area contributed by atoms with Crippen molar-refractivity contribution in [2.45, 2.75) is 32.8 Å². The molecule has 0 saturated carbocycles. The molecule has 2 aromatic heterocycles. The van der Waals surface area contributed by atoms with Gasteiger partial charge in [0.1, 0.15) is 11.4 Å². The molecule has 0 aliphatic rings. The smallest absolute Gasteiger partial charge is 0.266 e. The van der Waals surface area contributed by atoms with Gasteiger partial charge in [0.25, 0.3) is 5.91 Å². The molecule has 0 bridgehead atoms. The number of pyridine rings is 1. The van der Waals surface area contributed by atoms with Crippen LogP contribution in [0.3, 0.4) is 0 Å². The number of nitrogens with one attached hydrogen (secondary N) is 1. The van der Waals surface area contributed by atoms with Gasteiger partial charge in [0, 0.05) is 11.6 Å². The number of benzene rings is 1. The minimum Gasteiger partial charge on any atom is -0.481 e. The fraction of sp³-hybridized carbons (Fsp3) is 0.250. The zero-order valence-electron chi connectivity index (χ0n) is 15.0. The molecule has 1 N–H and O–H groups in total. The van der Waals surface area contributed by atoms with Gasteiger partial charge in [0.05, 0.1) is 5.69 Å². The standard InChI is InChI=1S/C20H21N3O2S/c1-13(2)15-7-9-16(10-8-15)25-14(3)19(24)23-20-22-18(12-26-20)17-6-4-5-11-21-17/h4-14H,1-3H3,(H,22,23,24). The summed E-state index contributed by atoms with van der Waals surface area (Å²) in [5.74, 6) is 0.896. The van der Waals surface area contributed by atoms with Crippen molar-refractivity contribution < 1.29 is 9.53 Å². The van der Waals surface area contributed by atoms with Crippen molar-refractivity contribution in [2.24, 2.45) is 0 Å². The Labute approximate surface area is 157 Å².